The van der Waals surface area contributed by atoms with Gasteiger partial charge in [-0.25, -0.2) is 0 Å². The van der Waals surface area contributed by atoms with Crippen molar-refractivity contribution >= 4 is 33.0 Å². The molecule has 1 nitrogen and oxygen atoms in total. The van der Waals surface area contributed by atoms with E-state index in [0.29, 0.717) is 4.88 Å². The van der Waals surface area contributed by atoms with Crippen molar-refractivity contribution in [2.45, 2.75) is 6.92 Å². The van der Waals surface area contributed by atoms with E-state index in [1.54, 1.807) is 6.07 Å². The van der Waals surface area contributed by atoms with E-state index in [0.717, 1.165) is 9.35 Å². The first-order chi connectivity index (χ1) is 5.15. The maximum atomic E-state index is 10.9. The lowest BCUT2D eigenvalue weighted by atomic mass is 10.3. The quantitative estimate of drug-likeness (QED) is 0.411. The van der Waals surface area contributed by atoms with Gasteiger partial charge in [0.1, 0.15) is 0 Å². The van der Waals surface area contributed by atoms with Crippen molar-refractivity contribution in [1.82, 2.24) is 0 Å². The number of ketones is 1. The van der Waals surface area contributed by atoms with Crippen LogP contribution in [0.15, 0.2) is 9.85 Å². The summed E-state index contributed by atoms with van der Waals surface area (Å²) in [5.74, 6) is 1.83. The number of carbonyl (C=O) groups excluding carboxylic acids is 1. The molecule has 0 fully saturated rings. The molecule has 0 radical (unpaired) electrons. The first-order valence-corrected chi connectivity index (χ1v) is 4.53. The summed E-state index contributed by atoms with van der Waals surface area (Å²) in [6, 6.07) is 1.79. The second-order valence-corrected chi connectivity index (χ2v) is 4.41. The number of hydrogen-bond donors (Lipinski definition) is 0. The lowest BCUT2D eigenvalue weighted by Crippen LogP contribution is -1.87. The van der Waals surface area contributed by atoms with Gasteiger partial charge in [0.25, 0.3) is 0 Å². The van der Waals surface area contributed by atoms with Gasteiger partial charge in [-0.15, -0.1) is 17.8 Å². The fourth-order valence-corrected chi connectivity index (χ4v) is 2.08. The minimum Gasteiger partial charge on any atom is -0.278 e. The normalized spacial score (nSPS) is 9.18. The fourth-order valence-electron chi connectivity index (χ4n) is 0.643. The van der Waals surface area contributed by atoms with Crippen LogP contribution in [-0.4, -0.2) is 5.78 Å². The van der Waals surface area contributed by atoms with Gasteiger partial charge in [0.2, 0.25) is 5.78 Å². The van der Waals surface area contributed by atoms with Crippen LogP contribution in [0.25, 0.3) is 0 Å². The van der Waals surface area contributed by atoms with Crippen LogP contribution in [0.4, 0.5) is 0 Å². The van der Waals surface area contributed by atoms with Gasteiger partial charge >= 0.3 is 0 Å². The van der Waals surface area contributed by atoms with Gasteiger partial charge in [0.05, 0.1) is 8.66 Å². The molecule has 1 rings (SSSR count). The Morgan fingerprint density at radius 2 is 2.45 bits per heavy atom. The predicted octanol–water partition coefficient (Wildman–Crippen LogP) is 2.63. The molecule has 56 valence electrons. The van der Waals surface area contributed by atoms with Crippen LogP contribution in [0, 0.1) is 19.3 Å². The van der Waals surface area contributed by atoms with E-state index in [2.05, 4.69) is 21.9 Å². The third-order valence-electron chi connectivity index (χ3n) is 1.21. The van der Waals surface area contributed by atoms with E-state index >= 15 is 0 Å². The highest BCUT2D eigenvalue weighted by Crippen LogP contribution is 2.27. The fraction of sp³-hybridized carbons (Fsp3) is 0.125. The van der Waals surface area contributed by atoms with Gasteiger partial charge in [0, 0.05) is 0 Å². The average Bonchev–Trinajstić information content (AvgIpc) is 2.31. The topological polar surface area (TPSA) is 17.1 Å². The number of carbonyl (C=O) groups is 1. The largest absolute Gasteiger partial charge is 0.278 e. The monoisotopic (exact) mass is 228 g/mol. The molecule has 1 aromatic rings. The maximum absolute atomic E-state index is 10.9. The third kappa shape index (κ3) is 1.70. The highest BCUT2D eigenvalue weighted by molar-refractivity contribution is 9.11. The van der Waals surface area contributed by atoms with E-state index in [9.17, 15) is 4.79 Å². The lowest BCUT2D eigenvalue weighted by Gasteiger charge is -1.80. The summed E-state index contributed by atoms with van der Waals surface area (Å²) in [6.07, 6.45) is 4.96. The van der Waals surface area contributed by atoms with E-state index in [1.807, 2.05) is 6.92 Å². The second-order valence-electron chi connectivity index (χ2n) is 2.04. The first-order valence-electron chi connectivity index (χ1n) is 2.92. The standard InChI is InChI=1S/C8H5BrOS/c1-3-6(10)7-4-5(2)8(9)11-7/h1,4H,2H3. The highest BCUT2D eigenvalue weighted by Gasteiger charge is 2.07. The summed E-state index contributed by atoms with van der Waals surface area (Å²) in [5, 5.41) is 0. The van der Waals surface area contributed by atoms with Gasteiger partial charge in [0.15, 0.2) is 0 Å². The number of terminal acetylenes is 1. The maximum Gasteiger partial charge on any atom is 0.245 e. The summed E-state index contributed by atoms with van der Waals surface area (Å²) < 4.78 is 0.969. The molecule has 0 saturated heterocycles. The van der Waals surface area contributed by atoms with E-state index in [-0.39, 0.29) is 5.78 Å². The minimum absolute atomic E-state index is 0.246. The van der Waals surface area contributed by atoms with Crippen molar-refractivity contribution in [3.63, 3.8) is 0 Å². The molecule has 0 bridgehead atoms. The van der Waals surface area contributed by atoms with Crippen LogP contribution < -0.4 is 0 Å². The molecule has 1 aromatic heterocycles. The van der Waals surface area contributed by atoms with Gasteiger partial charge in [-0.05, 0) is 40.4 Å². The number of rotatable bonds is 1. The lowest BCUT2D eigenvalue weighted by molar-refractivity contribution is 0.106. The van der Waals surface area contributed by atoms with Gasteiger partial charge in [-0.3, -0.25) is 4.79 Å². The summed E-state index contributed by atoms with van der Waals surface area (Å²) in [6.45, 7) is 1.92. The highest BCUT2D eigenvalue weighted by atomic mass is 79.9. The molecule has 0 N–H and O–H groups in total. The van der Waals surface area contributed by atoms with Crippen LogP contribution >= 0.6 is 27.3 Å². The van der Waals surface area contributed by atoms with Crippen LogP contribution in [0.5, 0.6) is 0 Å². The molecule has 0 aliphatic carbocycles. The number of aryl methyl sites for hydroxylation is 1. The van der Waals surface area contributed by atoms with E-state index < -0.39 is 0 Å². The van der Waals surface area contributed by atoms with E-state index in [4.69, 9.17) is 6.42 Å². The van der Waals surface area contributed by atoms with Crippen molar-refractivity contribution in [1.29, 1.82) is 0 Å². The molecular weight excluding hydrogens is 224 g/mol. The Labute approximate surface area is 77.6 Å². The zero-order chi connectivity index (χ0) is 8.43. The van der Waals surface area contributed by atoms with Gasteiger partial charge in [-0.2, -0.15) is 0 Å². The Kier molecular flexibility index (Phi) is 2.48. The molecule has 0 saturated carbocycles. The predicted molar refractivity (Wildman–Crippen MR) is 49.9 cm³/mol. The molecule has 11 heavy (non-hydrogen) atoms. The second kappa shape index (κ2) is 3.21. The molecule has 3 heteroatoms. The minimum atomic E-state index is -0.246. The van der Waals surface area contributed by atoms with E-state index in [1.165, 1.54) is 11.3 Å². The molecule has 0 aromatic carbocycles. The molecule has 1 heterocycles. The molecule has 0 aliphatic heterocycles. The summed E-state index contributed by atoms with van der Waals surface area (Å²) in [7, 11) is 0. The molecule has 0 unspecified atom stereocenters. The van der Waals surface area contributed by atoms with Crippen molar-refractivity contribution in [3.8, 4) is 12.3 Å². The van der Waals surface area contributed by atoms with Gasteiger partial charge in [-0.1, -0.05) is 0 Å². The molecular formula is C8H5BrOS. The molecule has 0 aliphatic rings. The number of halogens is 1. The van der Waals surface area contributed by atoms with Crippen LogP contribution in [0.3, 0.4) is 0 Å². The Hall–Kier alpha value is -0.590. The Bertz CT molecular complexity index is 313. The summed E-state index contributed by atoms with van der Waals surface area (Å²) in [5.41, 5.74) is 1.05. The van der Waals surface area contributed by atoms with Crippen molar-refractivity contribution < 1.29 is 4.79 Å². The van der Waals surface area contributed by atoms with Crippen molar-refractivity contribution in [3.05, 3.63) is 20.3 Å². The van der Waals surface area contributed by atoms with Crippen LogP contribution in [0.1, 0.15) is 15.2 Å². The van der Waals surface area contributed by atoms with Gasteiger partial charge < -0.3 is 0 Å². The Balaban J connectivity index is 3.09. The summed E-state index contributed by atoms with van der Waals surface area (Å²) in [4.78, 5) is 11.6. The SMILES string of the molecule is C#CC(=O)c1cc(C)c(Br)s1. The van der Waals surface area contributed by atoms with Crippen molar-refractivity contribution in [2.75, 3.05) is 0 Å². The van der Waals surface area contributed by atoms with Crippen LogP contribution in [-0.2, 0) is 0 Å². The third-order valence-corrected chi connectivity index (χ3v) is 3.35. The molecule has 0 atom stereocenters. The number of thiophene rings is 1. The van der Waals surface area contributed by atoms with Crippen LogP contribution in [0.2, 0.25) is 0 Å². The Morgan fingerprint density at radius 1 is 1.82 bits per heavy atom. The number of Topliss-reactive ketones (excluding diaryl/α,β-unsaturated/α-hetero) is 1. The summed E-state index contributed by atoms with van der Waals surface area (Å²) >= 11 is 4.68. The first kappa shape index (κ1) is 8.51. The molecule has 0 amide bonds. The average molecular weight is 229 g/mol. The Morgan fingerprint density at radius 3 is 2.82 bits per heavy atom. The number of hydrogen-bond acceptors (Lipinski definition) is 2. The zero-order valence-electron chi connectivity index (χ0n) is 5.85. The van der Waals surface area contributed by atoms with Crippen molar-refractivity contribution in [2.24, 2.45) is 0 Å². The zero-order valence-corrected chi connectivity index (χ0v) is 8.25. The smallest absolute Gasteiger partial charge is 0.245 e. The molecule has 0 spiro atoms.